The van der Waals surface area contributed by atoms with Crippen molar-refractivity contribution in [3.05, 3.63) is 51.6 Å². The average Bonchev–Trinajstić information content (AvgIpc) is 2.90. The summed E-state index contributed by atoms with van der Waals surface area (Å²) in [6.45, 7) is 0.610. The van der Waals surface area contributed by atoms with Crippen molar-refractivity contribution in [2.45, 2.75) is 62.4 Å². The summed E-state index contributed by atoms with van der Waals surface area (Å²) in [4.78, 5) is 39.8. The maximum Gasteiger partial charge on any atom is 0.202 e. The van der Waals surface area contributed by atoms with Crippen LogP contribution in [0, 0.1) is 0 Å². The molecule has 1 aliphatic heterocycles. The van der Waals surface area contributed by atoms with Crippen LogP contribution in [-0.2, 0) is 20.7 Å². The summed E-state index contributed by atoms with van der Waals surface area (Å²) >= 11 is 0. The third-order valence-electron chi connectivity index (χ3n) is 7.88. The van der Waals surface area contributed by atoms with Gasteiger partial charge in [-0.1, -0.05) is 12.1 Å². The van der Waals surface area contributed by atoms with Gasteiger partial charge in [0.1, 0.15) is 41.6 Å². The normalized spacial score (nSPS) is 29.1. The van der Waals surface area contributed by atoms with Gasteiger partial charge in [-0.15, -0.1) is 0 Å². The zero-order chi connectivity index (χ0) is 28.4. The molecular formula is C27H30ClNO11. The fraction of sp³-hybridized carbons (Fsp3) is 0.444. The van der Waals surface area contributed by atoms with E-state index in [1.54, 1.807) is 6.92 Å². The molecule has 0 amide bonds. The van der Waals surface area contributed by atoms with E-state index in [1.807, 2.05) is 0 Å². The molecule has 0 bridgehead atoms. The molecule has 1 heterocycles. The molecular weight excluding hydrogens is 550 g/mol. The Balaban J connectivity index is 0.00000370. The molecule has 1 saturated heterocycles. The number of hydrogen-bond donors (Lipinski definition) is 6. The zero-order valence-electron chi connectivity index (χ0n) is 21.7. The smallest absolute Gasteiger partial charge is 0.202 e. The predicted octanol–water partition coefficient (Wildman–Crippen LogP) is -3.71. The summed E-state index contributed by atoms with van der Waals surface area (Å²) < 4.78 is 17.1. The quantitative estimate of drug-likeness (QED) is 0.162. The Morgan fingerprint density at radius 1 is 1.15 bits per heavy atom. The van der Waals surface area contributed by atoms with E-state index >= 15 is 0 Å². The molecule has 0 aromatic heterocycles. The Morgan fingerprint density at radius 3 is 2.45 bits per heavy atom. The van der Waals surface area contributed by atoms with Gasteiger partial charge in [-0.2, -0.15) is 0 Å². The van der Waals surface area contributed by atoms with Gasteiger partial charge in [-0.3, -0.25) is 14.4 Å². The number of phenolic OH excluding ortho intramolecular Hbond substituents is 2. The summed E-state index contributed by atoms with van der Waals surface area (Å²) in [5.41, 5.74) is 0.362. The van der Waals surface area contributed by atoms with Crippen molar-refractivity contribution in [3.8, 4) is 17.2 Å². The Kier molecular flexibility index (Phi) is 8.00. The molecule has 2 aromatic rings. The number of quaternary nitrogens is 1. The lowest BCUT2D eigenvalue weighted by molar-refractivity contribution is -0.466. The second-order valence-electron chi connectivity index (χ2n) is 10.3. The van der Waals surface area contributed by atoms with Gasteiger partial charge in [0.2, 0.25) is 5.78 Å². The van der Waals surface area contributed by atoms with Gasteiger partial charge in [0.25, 0.3) is 0 Å². The molecule has 1 fully saturated rings. The summed E-state index contributed by atoms with van der Waals surface area (Å²) in [6.07, 6.45) is -4.72. The molecule has 2 aromatic carbocycles. The van der Waals surface area contributed by atoms with Crippen molar-refractivity contribution < 1.29 is 72.3 Å². The van der Waals surface area contributed by atoms with Crippen LogP contribution < -0.4 is 22.9 Å². The fourth-order valence-corrected chi connectivity index (χ4v) is 5.81. The third kappa shape index (κ3) is 4.45. The Bertz CT molecular complexity index is 1380. The van der Waals surface area contributed by atoms with Crippen molar-refractivity contribution in [1.82, 2.24) is 0 Å². The molecule has 8 N–H and O–H groups in total. The highest BCUT2D eigenvalue weighted by molar-refractivity contribution is 6.31. The van der Waals surface area contributed by atoms with Crippen molar-refractivity contribution in [2.75, 3.05) is 13.7 Å². The number of rotatable bonds is 5. The van der Waals surface area contributed by atoms with E-state index in [0.717, 1.165) is 0 Å². The minimum Gasteiger partial charge on any atom is -1.00 e. The molecule has 12 nitrogen and oxygen atoms in total. The van der Waals surface area contributed by atoms with Crippen LogP contribution in [0.25, 0.3) is 0 Å². The number of ether oxygens (including phenoxy) is 3. The highest BCUT2D eigenvalue weighted by atomic mass is 35.5. The first kappa shape index (κ1) is 29.9. The summed E-state index contributed by atoms with van der Waals surface area (Å²) in [5, 5.41) is 53.8. The van der Waals surface area contributed by atoms with Gasteiger partial charge in [0.15, 0.2) is 17.9 Å². The molecule has 216 valence electrons. The Morgan fingerprint density at radius 2 is 1.82 bits per heavy atom. The standard InChI is InChI=1S/C27H29NO11.ClH/c1-10-22(31)13(28)6-17(38-10)39-15-8-27(36,16(30)9-29)7-12-19(15)26(35)21-20(24(12)33)23(32)11-4-3-5-14(37-2)18(11)25(21)34;/h3-5,10,13,15,17,22,29,31,33,35-36H,6-9,28H2,1-2H3;1H/t10-,13?,15-,17-,22?,27-;/m0./s1. The number of aromatic hydroxyl groups is 2. The number of methoxy groups -OCH3 is 1. The molecule has 2 aliphatic carbocycles. The first-order valence-electron chi connectivity index (χ1n) is 12.5. The topological polar surface area (TPSA) is 208 Å². The highest BCUT2D eigenvalue weighted by Gasteiger charge is 2.50. The third-order valence-corrected chi connectivity index (χ3v) is 7.88. The number of benzene rings is 2. The van der Waals surface area contributed by atoms with E-state index in [1.165, 1.54) is 25.3 Å². The van der Waals surface area contributed by atoms with Gasteiger partial charge in [-0.05, 0) is 13.0 Å². The first-order chi connectivity index (χ1) is 18.4. The second-order valence-corrected chi connectivity index (χ2v) is 10.3. The molecule has 40 heavy (non-hydrogen) atoms. The Labute approximate surface area is 234 Å². The van der Waals surface area contributed by atoms with Crippen LogP contribution in [0.15, 0.2) is 18.2 Å². The van der Waals surface area contributed by atoms with Crippen LogP contribution in [0.1, 0.15) is 68.8 Å². The summed E-state index contributed by atoms with van der Waals surface area (Å²) in [5.74, 6) is -3.71. The van der Waals surface area contributed by atoms with Gasteiger partial charge in [0.05, 0.1) is 42.4 Å². The van der Waals surface area contributed by atoms with E-state index in [2.05, 4.69) is 5.73 Å². The first-order valence-corrected chi connectivity index (χ1v) is 12.5. The van der Waals surface area contributed by atoms with Crippen molar-refractivity contribution in [1.29, 1.82) is 0 Å². The maximum atomic E-state index is 13.7. The number of aliphatic hydroxyl groups is 3. The Hall–Kier alpha value is -3.10. The SMILES string of the molecule is COc1cccc2c1C(=O)c1c(O)c3c(c(O)c1C2=O)C[C@@](O)(C(=O)CO)C[C@@H]3O[C@H]1CC([NH3+])C(O)[C@H](C)O1.[Cl-]. The van der Waals surface area contributed by atoms with Crippen LogP contribution in [-0.4, -0.2) is 86.7 Å². The number of carbonyl (C=O) groups is 3. The molecule has 0 spiro atoms. The number of phenols is 2. The van der Waals surface area contributed by atoms with Gasteiger partial charge >= 0.3 is 0 Å². The zero-order valence-corrected chi connectivity index (χ0v) is 22.5. The molecule has 0 radical (unpaired) electrons. The van der Waals surface area contributed by atoms with E-state index in [9.17, 15) is 39.9 Å². The summed E-state index contributed by atoms with van der Waals surface area (Å²) in [6, 6.07) is 3.90. The highest BCUT2D eigenvalue weighted by Crippen LogP contribution is 2.52. The minimum atomic E-state index is -2.23. The lowest BCUT2D eigenvalue weighted by Crippen LogP contribution is -3.00. The van der Waals surface area contributed by atoms with Crippen LogP contribution >= 0.6 is 0 Å². The van der Waals surface area contributed by atoms with Crippen LogP contribution in [0.4, 0.5) is 0 Å². The average molecular weight is 580 g/mol. The van der Waals surface area contributed by atoms with Crippen molar-refractivity contribution in [3.63, 3.8) is 0 Å². The summed E-state index contributed by atoms with van der Waals surface area (Å²) in [7, 11) is 1.33. The molecule has 13 heteroatoms. The largest absolute Gasteiger partial charge is 1.00 e. The maximum absolute atomic E-state index is 13.7. The number of hydrogen-bond acceptors (Lipinski definition) is 11. The number of ketones is 3. The number of Topliss-reactive ketones (excluding diaryl/α,β-unsaturated/α-hetero) is 1. The molecule has 2 unspecified atom stereocenters. The van der Waals surface area contributed by atoms with Crippen molar-refractivity contribution in [2.24, 2.45) is 0 Å². The second kappa shape index (κ2) is 10.7. The molecule has 0 saturated carbocycles. The van der Waals surface area contributed by atoms with E-state index in [0.29, 0.717) is 0 Å². The van der Waals surface area contributed by atoms with Crippen LogP contribution in [0.3, 0.4) is 0 Å². The molecule has 5 rings (SSSR count). The predicted molar refractivity (Wildman–Crippen MR) is 130 cm³/mol. The van der Waals surface area contributed by atoms with Crippen LogP contribution in [0.5, 0.6) is 17.2 Å². The molecule has 3 aliphatic rings. The van der Waals surface area contributed by atoms with Crippen molar-refractivity contribution >= 4 is 17.3 Å². The lowest BCUT2D eigenvalue weighted by atomic mass is 9.72. The van der Waals surface area contributed by atoms with Gasteiger partial charge < -0.3 is 57.9 Å². The van der Waals surface area contributed by atoms with E-state index in [-0.39, 0.29) is 46.8 Å². The number of fused-ring (bicyclic) bond motifs is 3. The van der Waals surface area contributed by atoms with Crippen LogP contribution in [0.2, 0.25) is 0 Å². The van der Waals surface area contributed by atoms with E-state index < -0.39 is 95.7 Å². The van der Waals surface area contributed by atoms with Gasteiger partial charge in [0, 0.05) is 29.5 Å². The van der Waals surface area contributed by atoms with E-state index in [4.69, 9.17) is 14.2 Å². The number of aliphatic hydroxyl groups excluding tert-OH is 2. The number of carbonyl (C=O) groups excluding carboxylic acids is 3. The minimum absolute atomic E-state index is 0. The fourth-order valence-electron chi connectivity index (χ4n) is 5.81. The van der Waals surface area contributed by atoms with Gasteiger partial charge in [-0.25, -0.2) is 0 Å². The lowest BCUT2D eigenvalue weighted by Gasteiger charge is -2.41. The monoisotopic (exact) mass is 579 g/mol. The molecule has 6 atom stereocenters. The number of halogens is 1.